The lowest BCUT2D eigenvalue weighted by atomic mass is 9.92. The molecule has 9 heteroatoms. The Labute approximate surface area is 198 Å². The number of nitrogens with one attached hydrogen (secondary N) is 1. The summed E-state index contributed by atoms with van der Waals surface area (Å²) in [5.41, 5.74) is 3.58. The minimum absolute atomic E-state index is 0.259. The van der Waals surface area contributed by atoms with Crippen LogP contribution >= 0.6 is 0 Å². The maximum absolute atomic E-state index is 12.4. The maximum Gasteiger partial charge on any atom is 0.408 e. The molecule has 0 bridgehead atoms. The van der Waals surface area contributed by atoms with E-state index in [9.17, 15) is 9.90 Å². The van der Waals surface area contributed by atoms with E-state index in [0.717, 1.165) is 27.6 Å². The van der Waals surface area contributed by atoms with Crippen molar-refractivity contribution in [1.29, 1.82) is 0 Å². The number of hydrogen-bond donors (Lipinski definition) is 2. The van der Waals surface area contributed by atoms with Crippen molar-refractivity contribution in [1.82, 2.24) is 35.5 Å². The van der Waals surface area contributed by atoms with Crippen LogP contribution in [0.2, 0.25) is 0 Å². The number of aromatic nitrogens is 6. The largest absolute Gasteiger partial charge is 0.465 e. The highest BCUT2D eigenvalue weighted by Gasteiger charge is 2.36. The van der Waals surface area contributed by atoms with Crippen LogP contribution < -0.4 is 0 Å². The zero-order valence-electron chi connectivity index (χ0n) is 20.0. The van der Waals surface area contributed by atoms with Gasteiger partial charge in [-0.1, -0.05) is 19.9 Å². The molecule has 0 spiro atoms. The van der Waals surface area contributed by atoms with Crippen molar-refractivity contribution < 1.29 is 9.90 Å². The normalized spacial score (nSPS) is 12.8. The highest BCUT2D eigenvalue weighted by Crippen LogP contribution is 2.37. The number of nitrogens with zero attached hydrogens (tertiary/aromatic N) is 6. The van der Waals surface area contributed by atoms with Gasteiger partial charge in [0.05, 0.1) is 17.3 Å². The van der Waals surface area contributed by atoms with Crippen LogP contribution in [-0.2, 0) is 0 Å². The van der Waals surface area contributed by atoms with Gasteiger partial charge in [-0.15, -0.1) is 10.2 Å². The Bertz CT molecular complexity index is 1280. The van der Waals surface area contributed by atoms with Crippen LogP contribution in [0.4, 0.5) is 4.79 Å². The number of H-pyrrole nitrogens is 1. The smallest absolute Gasteiger partial charge is 0.408 e. The molecule has 0 saturated carbocycles. The predicted molar refractivity (Wildman–Crippen MR) is 130 cm³/mol. The van der Waals surface area contributed by atoms with E-state index >= 15 is 0 Å². The van der Waals surface area contributed by atoms with E-state index in [-0.39, 0.29) is 5.92 Å². The number of rotatable bonds is 6. The second-order valence-corrected chi connectivity index (χ2v) is 9.77. The summed E-state index contributed by atoms with van der Waals surface area (Å²) in [4.78, 5) is 22.9. The third-order valence-electron chi connectivity index (χ3n) is 5.70. The second-order valence-electron chi connectivity index (χ2n) is 9.77. The number of tetrazole rings is 1. The average Bonchev–Trinajstić information content (AvgIpc) is 3.31. The number of pyridine rings is 2. The predicted octanol–water partition coefficient (Wildman–Crippen LogP) is 5.34. The van der Waals surface area contributed by atoms with E-state index in [0.29, 0.717) is 17.9 Å². The molecule has 1 atom stereocenters. The molecule has 1 amide bonds. The van der Waals surface area contributed by atoms with Crippen molar-refractivity contribution in [3.05, 3.63) is 54.5 Å². The first kappa shape index (κ1) is 23.3. The molecule has 4 rings (SSSR count). The molecule has 1 unspecified atom stereocenters. The number of benzene rings is 1. The number of carbonyl (C=O) groups is 1. The van der Waals surface area contributed by atoms with Gasteiger partial charge in [0, 0.05) is 28.9 Å². The Hall–Kier alpha value is -3.88. The third-order valence-corrected chi connectivity index (χ3v) is 5.70. The summed E-state index contributed by atoms with van der Waals surface area (Å²) in [6.07, 6.45) is 3.16. The highest BCUT2D eigenvalue weighted by atomic mass is 16.4. The van der Waals surface area contributed by atoms with Gasteiger partial charge in [0.2, 0.25) is 5.82 Å². The minimum atomic E-state index is -0.978. The van der Waals surface area contributed by atoms with Crippen LogP contribution in [0.5, 0.6) is 0 Å². The molecule has 4 aromatic rings. The molecule has 0 radical (unpaired) electrons. The molecule has 0 saturated heterocycles. The number of aromatic amines is 1. The Morgan fingerprint density at radius 3 is 2.41 bits per heavy atom. The van der Waals surface area contributed by atoms with Gasteiger partial charge in [-0.3, -0.25) is 14.9 Å². The van der Waals surface area contributed by atoms with Crippen LogP contribution in [0.25, 0.3) is 33.4 Å². The zero-order valence-corrected chi connectivity index (χ0v) is 20.0. The standard InChI is InChI=1S/C25H29N7O2/c1-15(2)12-22(32(24(33)34)25(3,4)5)21-14-19(23-28-30-31-29-23)18-13-17(6-7-20(18)27-21)16-8-10-26-11-9-16/h6-11,13-15,22H,12H2,1-5H3,(H,33,34)(H,28,29,30,31). The number of fused-ring (bicyclic) bond motifs is 1. The fourth-order valence-electron chi connectivity index (χ4n) is 4.29. The lowest BCUT2D eigenvalue weighted by molar-refractivity contribution is 0.0611. The van der Waals surface area contributed by atoms with E-state index in [4.69, 9.17) is 4.98 Å². The van der Waals surface area contributed by atoms with Gasteiger partial charge in [-0.2, -0.15) is 5.21 Å². The van der Waals surface area contributed by atoms with E-state index in [1.165, 1.54) is 4.90 Å². The molecule has 0 aliphatic heterocycles. The van der Waals surface area contributed by atoms with Crippen LogP contribution in [0, 0.1) is 5.92 Å². The van der Waals surface area contributed by atoms with Gasteiger partial charge in [-0.25, -0.2) is 4.79 Å². The minimum Gasteiger partial charge on any atom is -0.465 e. The van der Waals surface area contributed by atoms with Crippen LogP contribution in [-0.4, -0.2) is 52.2 Å². The van der Waals surface area contributed by atoms with Crippen molar-refractivity contribution in [2.24, 2.45) is 5.92 Å². The lowest BCUT2D eigenvalue weighted by Gasteiger charge is -2.40. The molecule has 0 aliphatic carbocycles. The second kappa shape index (κ2) is 9.17. The number of hydrogen-bond acceptors (Lipinski definition) is 6. The number of amides is 1. The fraction of sp³-hybridized carbons (Fsp3) is 0.360. The van der Waals surface area contributed by atoms with Crippen molar-refractivity contribution in [3.8, 4) is 22.5 Å². The van der Waals surface area contributed by atoms with Crippen molar-refractivity contribution >= 4 is 17.0 Å². The zero-order chi connectivity index (χ0) is 24.5. The van der Waals surface area contributed by atoms with Crippen molar-refractivity contribution in [3.63, 3.8) is 0 Å². The summed E-state index contributed by atoms with van der Waals surface area (Å²) in [6.45, 7) is 9.86. The van der Waals surface area contributed by atoms with E-state index in [1.807, 2.05) is 57.2 Å². The average molecular weight is 460 g/mol. The molecule has 9 nitrogen and oxygen atoms in total. The van der Waals surface area contributed by atoms with Crippen LogP contribution in [0.15, 0.2) is 48.8 Å². The molecule has 34 heavy (non-hydrogen) atoms. The molecule has 2 N–H and O–H groups in total. The first-order valence-corrected chi connectivity index (χ1v) is 11.3. The Kier molecular flexibility index (Phi) is 6.28. The molecule has 3 aromatic heterocycles. The van der Waals surface area contributed by atoms with E-state index in [2.05, 4.69) is 39.5 Å². The summed E-state index contributed by atoms with van der Waals surface area (Å²) < 4.78 is 0. The fourth-order valence-corrected chi connectivity index (χ4v) is 4.29. The van der Waals surface area contributed by atoms with Gasteiger partial charge in [0.25, 0.3) is 0 Å². The number of carboxylic acid groups (broad SMARTS) is 1. The summed E-state index contributed by atoms with van der Waals surface area (Å²) in [7, 11) is 0. The Balaban J connectivity index is 1.95. The summed E-state index contributed by atoms with van der Waals surface area (Å²) in [6, 6.07) is 11.4. The van der Waals surface area contributed by atoms with Gasteiger partial charge < -0.3 is 5.11 Å². The highest BCUT2D eigenvalue weighted by molar-refractivity contribution is 5.95. The van der Waals surface area contributed by atoms with Gasteiger partial charge in [0.1, 0.15) is 0 Å². The molecule has 0 aliphatic rings. The van der Waals surface area contributed by atoms with Gasteiger partial charge >= 0.3 is 6.09 Å². The summed E-state index contributed by atoms with van der Waals surface area (Å²) in [5, 5.41) is 25.7. The SMILES string of the molecule is CC(C)CC(c1cc(-c2nn[nH]n2)c2cc(-c3ccncc3)ccc2n1)N(C(=O)O)C(C)(C)C. The summed E-state index contributed by atoms with van der Waals surface area (Å²) in [5.74, 6) is 0.691. The van der Waals surface area contributed by atoms with Crippen molar-refractivity contribution in [2.75, 3.05) is 0 Å². The van der Waals surface area contributed by atoms with Crippen molar-refractivity contribution in [2.45, 2.75) is 52.6 Å². The Morgan fingerprint density at radius 1 is 1.09 bits per heavy atom. The van der Waals surface area contributed by atoms with Crippen LogP contribution in [0.3, 0.4) is 0 Å². The molecule has 176 valence electrons. The maximum atomic E-state index is 12.4. The lowest BCUT2D eigenvalue weighted by Crippen LogP contribution is -2.47. The van der Waals surface area contributed by atoms with E-state index in [1.54, 1.807) is 12.4 Å². The first-order chi connectivity index (χ1) is 16.1. The Morgan fingerprint density at radius 2 is 1.82 bits per heavy atom. The molecule has 3 heterocycles. The third kappa shape index (κ3) is 4.73. The van der Waals surface area contributed by atoms with Gasteiger partial charge in [0.15, 0.2) is 0 Å². The molecular weight excluding hydrogens is 430 g/mol. The first-order valence-electron chi connectivity index (χ1n) is 11.3. The molecule has 0 fully saturated rings. The molecular formula is C25H29N7O2. The topological polar surface area (TPSA) is 121 Å². The van der Waals surface area contributed by atoms with Gasteiger partial charge in [-0.05, 0) is 79.8 Å². The quantitative estimate of drug-likeness (QED) is 0.399. The monoisotopic (exact) mass is 459 g/mol. The summed E-state index contributed by atoms with van der Waals surface area (Å²) >= 11 is 0. The van der Waals surface area contributed by atoms with E-state index < -0.39 is 17.7 Å². The van der Waals surface area contributed by atoms with Crippen LogP contribution in [0.1, 0.15) is 52.8 Å². The molecule has 1 aromatic carbocycles.